The Labute approximate surface area is 117 Å². The first-order chi connectivity index (χ1) is 9.15. The van der Waals surface area contributed by atoms with Gasteiger partial charge in [-0.2, -0.15) is 0 Å². The maximum Gasteiger partial charge on any atom is 0.0952 e. The van der Waals surface area contributed by atoms with Crippen molar-refractivity contribution in [2.45, 2.75) is 58.2 Å². The summed E-state index contributed by atoms with van der Waals surface area (Å²) in [7, 11) is 0. The molecular formula is C17H28O2. The number of hydrogen-bond donors (Lipinski definition) is 0. The number of rotatable bonds is 8. The molecule has 0 radical (unpaired) electrons. The van der Waals surface area contributed by atoms with Crippen LogP contribution in [0, 0.1) is 23.7 Å². The van der Waals surface area contributed by atoms with E-state index in [1.165, 1.54) is 32.1 Å². The molecular weight excluding hydrogens is 236 g/mol. The van der Waals surface area contributed by atoms with E-state index in [1.807, 2.05) is 0 Å². The monoisotopic (exact) mass is 264 g/mol. The molecule has 2 heteroatoms. The Kier molecular flexibility index (Phi) is 4.95. The third-order valence-electron chi connectivity index (χ3n) is 5.13. The van der Waals surface area contributed by atoms with Gasteiger partial charge in [0, 0.05) is 0 Å². The Hall–Kier alpha value is -0.920. The lowest BCUT2D eigenvalue weighted by Crippen LogP contribution is -2.20. The Morgan fingerprint density at radius 1 is 1.05 bits per heavy atom. The Bertz CT molecular complexity index is 312. The second kappa shape index (κ2) is 6.49. The predicted molar refractivity (Wildman–Crippen MR) is 78.5 cm³/mol. The Morgan fingerprint density at radius 3 is 2.32 bits per heavy atom. The molecule has 19 heavy (non-hydrogen) atoms. The van der Waals surface area contributed by atoms with Gasteiger partial charge < -0.3 is 9.47 Å². The van der Waals surface area contributed by atoms with E-state index in [2.05, 4.69) is 27.0 Å². The maximum absolute atomic E-state index is 5.51. The summed E-state index contributed by atoms with van der Waals surface area (Å²) in [6, 6.07) is 0. The minimum Gasteiger partial charge on any atom is -0.499 e. The first kappa shape index (κ1) is 14.5. The van der Waals surface area contributed by atoms with E-state index in [0.717, 1.165) is 23.7 Å². The average Bonchev–Trinajstić information content (AvgIpc) is 2.86. The van der Waals surface area contributed by atoms with Gasteiger partial charge in [0.05, 0.1) is 24.7 Å². The van der Waals surface area contributed by atoms with Gasteiger partial charge >= 0.3 is 0 Å². The first-order valence-electron chi connectivity index (χ1n) is 7.68. The second-order valence-corrected chi connectivity index (χ2v) is 6.36. The van der Waals surface area contributed by atoms with Gasteiger partial charge in [-0.05, 0) is 69.6 Å². The predicted octanol–water partition coefficient (Wildman–Crippen LogP) is 4.53. The van der Waals surface area contributed by atoms with Gasteiger partial charge in [-0.3, -0.25) is 0 Å². The van der Waals surface area contributed by atoms with Crippen molar-refractivity contribution in [3.8, 4) is 0 Å². The highest BCUT2D eigenvalue weighted by Crippen LogP contribution is 2.55. The van der Waals surface area contributed by atoms with Gasteiger partial charge in [-0.15, -0.1) is 0 Å². The fraction of sp³-hybridized carbons (Fsp3) is 0.765. The fourth-order valence-electron chi connectivity index (χ4n) is 4.51. The summed E-state index contributed by atoms with van der Waals surface area (Å²) in [5, 5.41) is 0. The number of fused-ring (bicyclic) bond motifs is 2. The van der Waals surface area contributed by atoms with Crippen LogP contribution < -0.4 is 0 Å². The zero-order chi connectivity index (χ0) is 13.8. The average molecular weight is 264 g/mol. The van der Waals surface area contributed by atoms with Crippen LogP contribution in [0.15, 0.2) is 25.7 Å². The molecule has 0 N–H and O–H groups in total. The zero-order valence-electron chi connectivity index (χ0n) is 12.4. The van der Waals surface area contributed by atoms with Gasteiger partial charge in [0.1, 0.15) is 0 Å². The van der Waals surface area contributed by atoms with Crippen LogP contribution in [0.5, 0.6) is 0 Å². The molecule has 0 heterocycles. The lowest BCUT2D eigenvalue weighted by molar-refractivity contribution is 0.105. The highest BCUT2D eigenvalue weighted by Gasteiger charge is 2.48. The van der Waals surface area contributed by atoms with Gasteiger partial charge in [0.2, 0.25) is 0 Å². The molecule has 2 aliphatic carbocycles. The van der Waals surface area contributed by atoms with E-state index in [9.17, 15) is 0 Å². The quantitative estimate of drug-likeness (QED) is 0.600. The summed E-state index contributed by atoms with van der Waals surface area (Å²) < 4.78 is 11.0. The van der Waals surface area contributed by atoms with Crippen molar-refractivity contribution in [2.75, 3.05) is 0 Å². The minimum atomic E-state index is 0.310. The Morgan fingerprint density at radius 2 is 1.68 bits per heavy atom. The lowest BCUT2D eigenvalue weighted by atomic mass is 9.83. The molecule has 108 valence electrons. The third kappa shape index (κ3) is 3.34. The summed E-state index contributed by atoms with van der Waals surface area (Å²) in [5.74, 6) is 3.50. The molecule has 0 aromatic heterocycles. The molecule has 0 aromatic rings. The van der Waals surface area contributed by atoms with Gasteiger partial charge in [-0.1, -0.05) is 13.2 Å². The summed E-state index contributed by atoms with van der Waals surface area (Å²) in [5.41, 5.74) is 0. The van der Waals surface area contributed by atoms with Crippen LogP contribution in [0.2, 0.25) is 0 Å². The van der Waals surface area contributed by atoms with E-state index in [1.54, 1.807) is 12.5 Å². The largest absolute Gasteiger partial charge is 0.499 e. The van der Waals surface area contributed by atoms with Crippen LogP contribution in [0.3, 0.4) is 0 Å². The molecule has 0 amide bonds. The van der Waals surface area contributed by atoms with E-state index < -0.39 is 0 Å². The van der Waals surface area contributed by atoms with Gasteiger partial charge in [0.15, 0.2) is 0 Å². The normalized spacial score (nSPS) is 35.7. The summed E-state index contributed by atoms with van der Waals surface area (Å²) in [6.07, 6.45) is 10.4. The molecule has 2 bridgehead atoms. The van der Waals surface area contributed by atoms with E-state index in [4.69, 9.17) is 9.47 Å². The van der Waals surface area contributed by atoms with Crippen molar-refractivity contribution in [1.29, 1.82) is 0 Å². The third-order valence-corrected chi connectivity index (χ3v) is 5.13. The topological polar surface area (TPSA) is 18.5 Å². The SMILES string of the molecule is C=COC(C)CC1CC2CCC1C2CC(C)OC=C. The van der Waals surface area contributed by atoms with Crippen molar-refractivity contribution >= 4 is 0 Å². The molecule has 0 aromatic carbocycles. The van der Waals surface area contributed by atoms with Crippen LogP contribution in [-0.4, -0.2) is 12.2 Å². The highest BCUT2D eigenvalue weighted by atomic mass is 16.5. The number of hydrogen-bond acceptors (Lipinski definition) is 2. The van der Waals surface area contributed by atoms with Gasteiger partial charge in [-0.25, -0.2) is 0 Å². The van der Waals surface area contributed by atoms with Crippen molar-refractivity contribution in [3.63, 3.8) is 0 Å². The molecule has 2 saturated carbocycles. The molecule has 6 unspecified atom stereocenters. The van der Waals surface area contributed by atoms with E-state index in [0.29, 0.717) is 12.2 Å². The minimum absolute atomic E-state index is 0.310. The van der Waals surface area contributed by atoms with Gasteiger partial charge in [0.25, 0.3) is 0 Å². The van der Waals surface area contributed by atoms with E-state index in [-0.39, 0.29) is 0 Å². The van der Waals surface area contributed by atoms with Crippen LogP contribution in [-0.2, 0) is 9.47 Å². The maximum atomic E-state index is 5.51. The van der Waals surface area contributed by atoms with Crippen LogP contribution in [0.4, 0.5) is 0 Å². The fourth-order valence-corrected chi connectivity index (χ4v) is 4.51. The molecule has 2 aliphatic rings. The summed E-state index contributed by atoms with van der Waals surface area (Å²) in [4.78, 5) is 0. The molecule has 2 fully saturated rings. The highest BCUT2D eigenvalue weighted by molar-refractivity contribution is 4.97. The Balaban J connectivity index is 1.87. The lowest BCUT2D eigenvalue weighted by Gasteiger charge is -2.25. The van der Waals surface area contributed by atoms with E-state index >= 15 is 0 Å². The van der Waals surface area contributed by atoms with Crippen molar-refractivity contribution < 1.29 is 9.47 Å². The van der Waals surface area contributed by atoms with Crippen LogP contribution in [0.1, 0.15) is 46.0 Å². The van der Waals surface area contributed by atoms with Crippen molar-refractivity contribution in [3.05, 3.63) is 25.7 Å². The molecule has 0 saturated heterocycles. The molecule has 2 nitrogen and oxygen atoms in total. The number of ether oxygens (including phenoxy) is 2. The second-order valence-electron chi connectivity index (χ2n) is 6.36. The molecule has 0 aliphatic heterocycles. The summed E-state index contributed by atoms with van der Waals surface area (Å²) in [6.45, 7) is 11.6. The molecule has 0 spiro atoms. The first-order valence-corrected chi connectivity index (χ1v) is 7.68. The van der Waals surface area contributed by atoms with Crippen molar-refractivity contribution in [2.24, 2.45) is 23.7 Å². The standard InChI is InChI=1S/C17H28O2/c1-5-18-12(3)9-15-11-14-7-8-16(15)17(14)10-13(4)19-6-2/h5-6,12-17H,1-2,7-11H2,3-4H3. The smallest absolute Gasteiger partial charge is 0.0952 e. The van der Waals surface area contributed by atoms with Crippen molar-refractivity contribution in [1.82, 2.24) is 0 Å². The van der Waals surface area contributed by atoms with Crippen LogP contribution in [0.25, 0.3) is 0 Å². The summed E-state index contributed by atoms with van der Waals surface area (Å²) >= 11 is 0. The zero-order valence-corrected chi connectivity index (χ0v) is 12.4. The van der Waals surface area contributed by atoms with Crippen LogP contribution >= 0.6 is 0 Å². The molecule has 6 atom stereocenters. The molecule has 2 rings (SSSR count).